The van der Waals surface area contributed by atoms with E-state index in [4.69, 9.17) is 31.4 Å². The number of nitrogens with zero attached hydrogens (tertiary/aromatic N) is 2. The predicted octanol–water partition coefficient (Wildman–Crippen LogP) is 3.44. The van der Waals surface area contributed by atoms with E-state index >= 15 is 0 Å². The van der Waals surface area contributed by atoms with Gasteiger partial charge in [-0.05, 0) is 31.4 Å². The van der Waals surface area contributed by atoms with Crippen LogP contribution in [0.25, 0.3) is 0 Å². The van der Waals surface area contributed by atoms with Crippen LogP contribution < -0.4 is 4.90 Å². The molecule has 1 saturated carbocycles. The number of anilines is 1. The second-order valence-electron chi connectivity index (χ2n) is 9.13. The summed E-state index contributed by atoms with van der Waals surface area (Å²) in [6, 6.07) is 8.00. The van der Waals surface area contributed by atoms with Crippen LogP contribution in [0.4, 0.5) is 32.0 Å². The van der Waals surface area contributed by atoms with Crippen LogP contribution in [-0.4, -0.2) is 93.8 Å². The third-order valence-electron chi connectivity index (χ3n) is 6.82. The van der Waals surface area contributed by atoms with Crippen molar-refractivity contribution >= 4 is 41.2 Å². The van der Waals surface area contributed by atoms with E-state index < -0.39 is 47.1 Å². The van der Waals surface area contributed by atoms with Crippen LogP contribution in [0.5, 0.6) is 0 Å². The highest BCUT2D eigenvalue weighted by molar-refractivity contribution is 6.33. The number of halogens is 7. The number of carboxylic acids is 4. The monoisotopic (exact) mass is 592 g/mol. The fourth-order valence-corrected chi connectivity index (χ4v) is 5.02. The summed E-state index contributed by atoms with van der Waals surface area (Å²) in [5.41, 5.74) is -1.15. The maximum atomic E-state index is 11.7. The van der Waals surface area contributed by atoms with Crippen molar-refractivity contribution in [3.63, 3.8) is 0 Å². The lowest BCUT2D eigenvalue weighted by atomic mass is 9.97. The first-order valence-electron chi connectivity index (χ1n) is 11.1. The van der Waals surface area contributed by atoms with Gasteiger partial charge >= 0.3 is 36.2 Å². The van der Waals surface area contributed by atoms with E-state index in [9.17, 15) is 46.1 Å². The standard InChI is InChI=1S/C18H21ClN2O4.2C2HF3O2/c19-13-3-1-2-4-14(13)20-7-5-12(6-8-20)21-10-17(15(22)23)9-18(17,11-21)16(24)25;2*3-2(4,5)1(6)7/h1-4,12H,5-11H2,(H,22,23)(H,24,25);2*(H,6,7)/t17-,18+;;. The number of hydrogen-bond donors (Lipinski definition) is 4. The number of carbonyl (C=O) groups is 4. The predicted molar refractivity (Wildman–Crippen MR) is 120 cm³/mol. The quantitative estimate of drug-likeness (QED) is 0.382. The summed E-state index contributed by atoms with van der Waals surface area (Å²) >= 11 is 6.27. The third-order valence-corrected chi connectivity index (χ3v) is 7.14. The topological polar surface area (TPSA) is 156 Å². The average molecular weight is 593 g/mol. The van der Waals surface area contributed by atoms with Gasteiger partial charge in [0, 0.05) is 32.2 Å². The van der Waals surface area contributed by atoms with Crippen molar-refractivity contribution in [1.82, 2.24) is 4.90 Å². The Morgan fingerprint density at radius 3 is 1.51 bits per heavy atom. The van der Waals surface area contributed by atoms with E-state index in [1.54, 1.807) is 0 Å². The molecule has 0 bridgehead atoms. The second-order valence-corrected chi connectivity index (χ2v) is 9.54. The van der Waals surface area contributed by atoms with Crippen molar-refractivity contribution in [1.29, 1.82) is 0 Å². The lowest BCUT2D eigenvalue weighted by Gasteiger charge is -2.39. The number of piperidine rings is 2. The van der Waals surface area contributed by atoms with Crippen LogP contribution in [0.2, 0.25) is 5.02 Å². The maximum absolute atomic E-state index is 11.7. The van der Waals surface area contributed by atoms with Gasteiger partial charge in [0.2, 0.25) is 0 Å². The minimum absolute atomic E-state index is 0.235. The number of likely N-dealkylation sites (tertiary alicyclic amines) is 1. The molecule has 0 amide bonds. The van der Waals surface area contributed by atoms with Gasteiger partial charge in [-0.25, -0.2) is 9.59 Å². The molecule has 2 atom stereocenters. The first kappa shape index (κ1) is 31.9. The Morgan fingerprint density at radius 1 is 0.795 bits per heavy atom. The second kappa shape index (κ2) is 11.5. The van der Waals surface area contributed by atoms with Gasteiger partial charge in [0.15, 0.2) is 0 Å². The molecule has 17 heteroatoms. The summed E-state index contributed by atoms with van der Waals surface area (Å²) in [6.07, 6.45) is -8.13. The molecular formula is C22H23ClF6N2O8. The number of alkyl halides is 6. The normalized spacial score (nSPS) is 24.8. The highest BCUT2D eigenvalue weighted by Gasteiger charge is 2.81. The van der Waals surface area contributed by atoms with Crippen LogP contribution in [0.1, 0.15) is 19.3 Å². The van der Waals surface area contributed by atoms with E-state index in [1.807, 2.05) is 24.3 Å². The van der Waals surface area contributed by atoms with Crippen LogP contribution in [0, 0.1) is 10.8 Å². The molecule has 4 rings (SSSR count). The molecule has 0 aromatic heterocycles. The Balaban J connectivity index is 0.000000317. The van der Waals surface area contributed by atoms with Crippen LogP contribution in [-0.2, 0) is 19.2 Å². The zero-order valence-electron chi connectivity index (χ0n) is 19.8. The summed E-state index contributed by atoms with van der Waals surface area (Å²) in [5, 5.41) is 34.1. The molecule has 0 unspecified atom stereocenters. The molecule has 39 heavy (non-hydrogen) atoms. The van der Waals surface area contributed by atoms with Gasteiger partial charge in [0.05, 0.1) is 21.5 Å². The maximum Gasteiger partial charge on any atom is 0.490 e. The van der Waals surface area contributed by atoms with E-state index in [0.717, 1.165) is 36.6 Å². The molecule has 4 N–H and O–H groups in total. The van der Waals surface area contributed by atoms with Gasteiger partial charge in [0.1, 0.15) is 0 Å². The average Bonchev–Trinajstić information content (AvgIpc) is 3.37. The van der Waals surface area contributed by atoms with Gasteiger partial charge in [0.25, 0.3) is 0 Å². The molecule has 3 aliphatic rings. The largest absolute Gasteiger partial charge is 0.490 e. The molecule has 1 aliphatic carbocycles. The minimum atomic E-state index is -5.08. The number of para-hydroxylation sites is 1. The number of aliphatic carboxylic acids is 4. The summed E-state index contributed by atoms with van der Waals surface area (Å²) in [7, 11) is 0. The molecular weight excluding hydrogens is 570 g/mol. The van der Waals surface area contributed by atoms with Crippen molar-refractivity contribution in [3.8, 4) is 0 Å². The van der Waals surface area contributed by atoms with Crippen molar-refractivity contribution in [2.24, 2.45) is 10.8 Å². The summed E-state index contributed by atoms with van der Waals surface area (Å²) in [5.74, 6) is -7.45. The molecule has 218 valence electrons. The van der Waals surface area contributed by atoms with E-state index in [0.29, 0.717) is 13.1 Å². The molecule has 1 aromatic rings. The van der Waals surface area contributed by atoms with Gasteiger partial charge in [-0.15, -0.1) is 0 Å². The Morgan fingerprint density at radius 2 is 1.18 bits per heavy atom. The number of carboxylic acid groups (broad SMARTS) is 4. The fourth-order valence-electron chi connectivity index (χ4n) is 4.77. The molecule has 3 fully saturated rings. The van der Waals surface area contributed by atoms with Crippen molar-refractivity contribution in [3.05, 3.63) is 29.3 Å². The SMILES string of the molecule is O=C(O)C(F)(F)F.O=C(O)C(F)(F)F.O=C(O)[C@@]12CN(C3CCN(c4ccccc4Cl)CC3)C[C@]1(C(=O)O)C2. The Hall–Kier alpha value is -3.27. The van der Waals surface area contributed by atoms with Gasteiger partial charge in [-0.2, -0.15) is 26.3 Å². The number of hydrogen-bond acceptors (Lipinski definition) is 6. The molecule has 0 spiro atoms. The lowest BCUT2D eigenvalue weighted by molar-refractivity contribution is -0.193. The molecule has 1 aromatic carbocycles. The molecule has 0 radical (unpaired) electrons. The van der Waals surface area contributed by atoms with Gasteiger partial charge in [-0.1, -0.05) is 23.7 Å². The van der Waals surface area contributed by atoms with E-state index in [1.165, 1.54) is 0 Å². The molecule has 2 aliphatic heterocycles. The molecule has 2 heterocycles. The van der Waals surface area contributed by atoms with E-state index in [2.05, 4.69) is 9.80 Å². The number of benzene rings is 1. The van der Waals surface area contributed by atoms with E-state index in [-0.39, 0.29) is 12.5 Å². The zero-order valence-corrected chi connectivity index (χ0v) is 20.6. The van der Waals surface area contributed by atoms with Gasteiger partial charge in [-0.3, -0.25) is 14.5 Å². The molecule has 10 nitrogen and oxygen atoms in total. The minimum Gasteiger partial charge on any atom is -0.481 e. The van der Waals surface area contributed by atoms with Crippen LogP contribution in [0.3, 0.4) is 0 Å². The smallest absolute Gasteiger partial charge is 0.481 e. The first-order chi connectivity index (χ1) is 17.8. The number of fused-ring (bicyclic) bond motifs is 1. The molecule has 2 saturated heterocycles. The third kappa shape index (κ3) is 7.03. The summed E-state index contributed by atoms with van der Waals surface area (Å²) < 4.78 is 63.5. The van der Waals surface area contributed by atoms with Crippen LogP contribution in [0.15, 0.2) is 24.3 Å². The lowest BCUT2D eigenvalue weighted by Crippen LogP contribution is -2.46. The summed E-state index contributed by atoms with van der Waals surface area (Å²) in [4.78, 5) is 45.5. The van der Waals surface area contributed by atoms with Crippen LogP contribution >= 0.6 is 11.6 Å². The van der Waals surface area contributed by atoms with Crippen molar-refractivity contribution in [2.75, 3.05) is 31.1 Å². The Kier molecular flexibility index (Phi) is 9.38. The highest BCUT2D eigenvalue weighted by atomic mass is 35.5. The first-order valence-corrected chi connectivity index (χ1v) is 11.5. The Labute approximate surface area is 221 Å². The van der Waals surface area contributed by atoms with Crippen molar-refractivity contribution in [2.45, 2.75) is 37.7 Å². The fraction of sp³-hybridized carbons (Fsp3) is 0.545. The zero-order chi connectivity index (χ0) is 30.0. The highest BCUT2D eigenvalue weighted by Crippen LogP contribution is 2.69. The van der Waals surface area contributed by atoms with Gasteiger partial charge < -0.3 is 25.3 Å². The summed E-state index contributed by atoms with van der Waals surface area (Å²) in [6.45, 7) is 2.38. The van der Waals surface area contributed by atoms with Crippen molar-refractivity contribution < 1.29 is 65.9 Å². The number of rotatable bonds is 4. The Bertz CT molecular complexity index is 1060.